The molecule has 0 saturated carbocycles. The molecule has 0 aliphatic rings. The SMILES string of the molecule is O=C(NCc1cc(F)cc(F)c1)c1cc2ccc(Br)cc2[nH]1. The smallest absolute Gasteiger partial charge is 0.267 e. The summed E-state index contributed by atoms with van der Waals surface area (Å²) in [5, 5.41) is 3.54. The van der Waals surface area contributed by atoms with E-state index in [1.807, 2.05) is 18.2 Å². The van der Waals surface area contributed by atoms with Gasteiger partial charge in [0.05, 0.1) is 0 Å². The van der Waals surface area contributed by atoms with Crippen molar-refractivity contribution in [3.63, 3.8) is 0 Å². The summed E-state index contributed by atoms with van der Waals surface area (Å²) in [4.78, 5) is 15.1. The van der Waals surface area contributed by atoms with Gasteiger partial charge in [-0.1, -0.05) is 22.0 Å². The van der Waals surface area contributed by atoms with E-state index < -0.39 is 11.6 Å². The number of nitrogens with one attached hydrogen (secondary N) is 2. The summed E-state index contributed by atoms with van der Waals surface area (Å²) >= 11 is 3.36. The second-order valence-electron chi connectivity index (χ2n) is 4.87. The third kappa shape index (κ3) is 3.17. The van der Waals surface area contributed by atoms with Crippen molar-refractivity contribution in [1.82, 2.24) is 10.3 Å². The summed E-state index contributed by atoms with van der Waals surface area (Å²) in [5.41, 5.74) is 1.59. The monoisotopic (exact) mass is 364 g/mol. The molecule has 1 heterocycles. The highest BCUT2D eigenvalue weighted by Crippen LogP contribution is 2.20. The third-order valence-corrected chi connectivity index (χ3v) is 3.70. The van der Waals surface area contributed by atoms with Gasteiger partial charge in [0.15, 0.2) is 0 Å². The first kappa shape index (κ1) is 14.7. The van der Waals surface area contributed by atoms with Gasteiger partial charge in [0, 0.05) is 28.0 Å². The van der Waals surface area contributed by atoms with Gasteiger partial charge in [-0.3, -0.25) is 4.79 Å². The summed E-state index contributed by atoms with van der Waals surface area (Å²) in [6.45, 7) is 0.0482. The number of hydrogen-bond acceptors (Lipinski definition) is 1. The van der Waals surface area contributed by atoms with E-state index >= 15 is 0 Å². The molecule has 0 fully saturated rings. The van der Waals surface area contributed by atoms with E-state index in [0.717, 1.165) is 21.4 Å². The maximum absolute atomic E-state index is 13.1. The average molecular weight is 365 g/mol. The lowest BCUT2D eigenvalue weighted by Crippen LogP contribution is -2.23. The first-order valence-corrected chi connectivity index (χ1v) is 7.32. The molecule has 3 rings (SSSR count). The minimum Gasteiger partial charge on any atom is -0.350 e. The van der Waals surface area contributed by atoms with Crippen molar-refractivity contribution in [2.45, 2.75) is 6.54 Å². The Morgan fingerprint density at radius 3 is 2.55 bits per heavy atom. The van der Waals surface area contributed by atoms with Gasteiger partial charge in [-0.05, 0) is 35.9 Å². The number of halogens is 3. The summed E-state index contributed by atoms with van der Waals surface area (Å²) in [5.74, 6) is -1.67. The second kappa shape index (κ2) is 5.88. The van der Waals surface area contributed by atoms with E-state index in [0.29, 0.717) is 11.3 Å². The van der Waals surface area contributed by atoms with E-state index in [1.54, 1.807) is 6.07 Å². The quantitative estimate of drug-likeness (QED) is 0.720. The zero-order valence-electron chi connectivity index (χ0n) is 11.3. The minimum atomic E-state index is -0.667. The Morgan fingerprint density at radius 2 is 1.82 bits per heavy atom. The summed E-state index contributed by atoms with van der Waals surface area (Å²) in [6.07, 6.45) is 0. The van der Waals surface area contributed by atoms with Gasteiger partial charge in [-0.25, -0.2) is 8.78 Å². The predicted molar refractivity (Wildman–Crippen MR) is 83.5 cm³/mol. The number of hydrogen-bond donors (Lipinski definition) is 2. The number of aromatic amines is 1. The zero-order chi connectivity index (χ0) is 15.7. The first-order valence-electron chi connectivity index (χ1n) is 6.53. The highest BCUT2D eigenvalue weighted by molar-refractivity contribution is 9.10. The van der Waals surface area contributed by atoms with Crippen LogP contribution in [-0.2, 0) is 6.54 Å². The maximum atomic E-state index is 13.1. The van der Waals surface area contributed by atoms with Crippen LogP contribution in [0.5, 0.6) is 0 Å². The summed E-state index contributed by atoms with van der Waals surface area (Å²) in [7, 11) is 0. The molecule has 112 valence electrons. The summed E-state index contributed by atoms with van der Waals surface area (Å²) < 4.78 is 27.1. The molecule has 2 aromatic carbocycles. The molecule has 1 aromatic heterocycles. The van der Waals surface area contributed by atoms with E-state index in [9.17, 15) is 13.6 Å². The zero-order valence-corrected chi connectivity index (χ0v) is 12.9. The largest absolute Gasteiger partial charge is 0.350 e. The summed E-state index contributed by atoms with van der Waals surface area (Å²) in [6, 6.07) is 10.5. The van der Waals surface area contributed by atoms with Crippen LogP contribution in [0, 0.1) is 11.6 Å². The van der Waals surface area contributed by atoms with Crippen LogP contribution in [0.25, 0.3) is 10.9 Å². The highest BCUT2D eigenvalue weighted by Gasteiger charge is 2.10. The average Bonchev–Trinajstić information content (AvgIpc) is 2.86. The maximum Gasteiger partial charge on any atom is 0.267 e. The molecule has 22 heavy (non-hydrogen) atoms. The lowest BCUT2D eigenvalue weighted by molar-refractivity contribution is 0.0946. The van der Waals surface area contributed by atoms with E-state index in [4.69, 9.17) is 0 Å². The Kier molecular flexibility index (Phi) is 3.94. The highest BCUT2D eigenvalue weighted by atomic mass is 79.9. The molecule has 1 amide bonds. The Morgan fingerprint density at radius 1 is 1.09 bits per heavy atom. The topological polar surface area (TPSA) is 44.9 Å². The minimum absolute atomic E-state index is 0.0482. The Balaban J connectivity index is 1.75. The normalized spacial score (nSPS) is 10.9. The molecule has 0 radical (unpaired) electrons. The molecular formula is C16H11BrF2N2O. The first-order chi connectivity index (χ1) is 10.5. The molecule has 0 bridgehead atoms. The van der Waals surface area contributed by atoms with E-state index in [2.05, 4.69) is 26.2 Å². The fraction of sp³-hybridized carbons (Fsp3) is 0.0625. The molecule has 0 spiro atoms. The van der Waals surface area contributed by atoms with Crippen molar-refractivity contribution in [2.75, 3.05) is 0 Å². The fourth-order valence-corrected chi connectivity index (χ4v) is 2.57. The van der Waals surface area contributed by atoms with Crippen molar-refractivity contribution in [2.24, 2.45) is 0 Å². The van der Waals surface area contributed by atoms with Crippen LogP contribution in [0.3, 0.4) is 0 Å². The standard InChI is InChI=1S/C16H11BrF2N2O/c17-11-2-1-10-5-15(21-14(10)6-11)16(22)20-8-9-3-12(18)7-13(19)4-9/h1-7,21H,8H2,(H,20,22). The van der Waals surface area contributed by atoms with Gasteiger partial charge in [0.1, 0.15) is 17.3 Å². The Hall–Kier alpha value is -2.21. The number of fused-ring (bicyclic) bond motifs is 1. The lowest BCUT2D eigenvalue weighted by atomic mass is 10.2. The van der Waals surface area contributed by atoms with Crippen molar-refractivity contribution < 1.29 is 13.6 Å². The number of carbonyl (C=O) groups excluding carboxylic acids is 1. The molecule has 0 saturated heterocycles. The fourth-order valence-electron chi connectivity index (χ4n) is 2.21. The van der Waals surface area contributed by atoms with E-state index in [1.165, 1.54) is 12.1 Å². The second-order valence-corrected chi connectivity index (χ2v) is 5.79. The molecule has 2 N–H and O–H groups in total. The molecule has 3 nitrogen and oxygen atoms in total. The van der Waals surface area contributed by atoms with Crippen LogP contribution in [0.1, 0.15) is 16.1 Å². The number of aromatic nitrogens is 1. The van der Waals surface area contributed by atoms with Crippen LogP contribution in [0.2, 0.25) is 0 Å². The number of benzene rings is 2. The lowest BCUT2D eigenvalue weighted by Gasteiger charge is -2.04. The molecule has 0 aliphatic heterocycles. The van der Waals surface area contributed by atoms with Gasteiger partial charge in [-0.2, -0.15) is 0 Å². The van der Waals surface area contributed by atoms with Crippen LogP contribution in [0.4, 0.5) is 8.78 Å². The van der Waals surface area contributed by atoms with Crippen molar-refractivity contribution in [1.29, 1.82) is 0 Å². The van der Waals surface area contributed by atoms with Crippen LogP contribution in [0.15, 0.2) is 46.9 Å². The Bertz CT molecular complexity index is 840. The van der Waals surface area contributed by atoms with Gasteiger partial charge in [-0.15, -0.1) is 0 Å². The predicted octanol–water partition coefficient (Wildman–Crippen LogP) is 4.14. The van der Waals surface area contributed by atoms with Gasteiger partial charge in [0.2, 0.25) is 0 Å². The van der Waals surface area contributed by atoms with Gasteiger partial charge < -0.3 is 10.3 Å². The molecule has 0 aliphatic carbocycles. The molecule has 3 aromatic rings. The van der Waals surface area contributed by atoms with Crippen molar-refractivity contribution in [3.05, 3.63) is 69.8 Å². The number of amides is 1. The molecule has 0 unspecified atom stereocenters. The Labute approximate surface area is 133 Å². The van der Waals surface area contributed by atoms with E-state index in [-0.39, 0.29) is 12.5 Å². The van der Waals surface area contributed by atoms with Gasteiger partial charge in [0.25, 0.3) is 5.91 Å². The third-order valence-electron chi connectivity index (χ3n) is 3.20. The van der Waals surface area contributed by atoms with Crippen LogP contribution >= 0.6 is 15.9 Å². The molecule has 0 atom stereocenters. The molecule has 6 heteroatoms. The van der Waals surface area contributed by atoms with Gasteiger partial charge >= 0.3 is 0 Å². The number of rotatable bonds is 3. The van der Waals surface area contributed by atoms with Crippen LogP contribution < -0.4 is 5.32 Å². The van der Waals surface area contributed by atoms with Crippen molar-refractivity contribution >= 4 is 32.7 Å². The number of H-pyrrole nitrogens is 1. The molecular weight excluding hydrogens is 354 g/mol. The number of carbonyl (C=O) groups is 1. The van der Waals surface area contributed by atoms with Crippen molar-refractivity contribution in [3.8, 4) is 0 Å². The van der Waals surface area contributed by atoms with Crippen LogP contribution in [-0.4, -0.2) is 10.9 Å².